The van der Waals surface area contributed by atoms with Gasteiger partial charge in [0.2, 0.25) is 0 Å². The van der Waals surface area contributed by atoms with E-state index < -0.39 is 25.1 Å². The van der Waals surface area contributed by atoms with Crippen LogP contribution in [0.3, 0.4) is 0 Å². The Bertz CT molecular complexity index is 240. The zero-order valence-electron chi connectivity index (χ0n) is 10.4. The van der Waals surface area contributed by atoms with Crippen LogP contribution in [0.5, 0.6) is 0 Å². The van der Waals surface area contributed by atoms with Crippen molar-refractivity contribution in [2.75, 3.05) is 13.2 Å². The summed E-state index contributed by atoms with van der Waals surface area (Å²) in [6.45, 7) is 0.481. The highest BCUT2D eigenvalue weighted by molar-refractivity contribution is 4.76. The lowest BCUT2D eigenvalue weighted by molar-refractivity contribution is -0.172. The average molecular weight is 272 g/mol. The fourth-order valence-electron chi connectivity index (χ4n) is 2.19. The van der Waals surface area contributed by atoms with Gasteiger partial charge in [0.15, 0.2) is 0 Å². The molecule has 0 radical (unpaired) electrons. The number of hydrogen-bond donors (Lipinski definition) is 1. The molecule has 18 heavy (non-hydrogen) atoms. The maximum Gasteiger partial charge on any atom is 0.330 e. The van der Waals surface area contributed by atoms with Crippen molar-refractivity contribution in [1.82, 2.24) is 0 Å². The summed E-state index contributed by atoms with van der Waals surface area (Å²) in [5.74, 6) is -3.49. The van der Waals surface area contributed by atoms with Gasteiger partial charge in [-0.3, -0.25) is 0 Å². The van der Waals surface area contributed by atoms with Gasteiger partial charge in [-0.25, -0.2) is 8.78 Å². The molecule has 6 heteroatoms. The summed E-state index contributed by atoms with van der Waals surface area (Å²) in [7, 11) is 0. The van der Waals surface area contributed by atoms with Gasteiger partial charge in [0.25, 0.3) is 0 Å². The molecule has 108 valence electrons. The molecule has 0 aromatic carbocycles. The highest BCUT2D eigenvalue weighted by atomic mass is 19.3. The molecule has 0 amide bonds. The number of hydrogen-bond acceptors (Lipinski definition) is 2. The van der Waals surface area contributed by atoms with E-state index in [0.29, 0.717) is 5.92 Å². The monoisotopic (exact) mass is 272 g/mol. The third-order valence-electron chi connectivity index (χ3n) is 3.51. The van der Waals surface area contributed by atoms with Crippen molar-refractivity contribution >= 4 is 0 Å². The van der Waals surface area contributed by atoms with Crippen molar-refractivity contribution in [3.05, 3.63) is 0 Å². The number of aliphatic hydroxyl groups excluding tert-OH is 1. The van der Waals surface area contributed by atoms with E-state index in [-0.39, 0.29) is 12.5 Å². The van der Waals surface area contributed by atoms with Crippen LogP contribution in [0, 0.1) is 11.8 Å². The van der Waals surface area contributed by atoms with Crippen LogP contribution in [-0.4, -0.2) is 36.8 Å². The first-order valence-corrected chi connectivity index (χ1v) is 6.24. The topological polar surface area (TPSA) is 29.5 Å². The molecule has 0 saturated heterocycles. The van der Waals surface area contributed by atoms with E-state index in [1.165, 1.54) is 0 Å². The highest BCUT2D eigenvalue weighted by Gasteiger charge is 2.41. The maximum atomic E-state index is 12.5. The lowest BCUT2D eigenvalue weighted by Gasteiger charge is -2.30. The molecule has 0 bridgehead atoms. The van der Waals surface area contributed by atoms with Gasteiger partial charge in [-0.05, 0) is 24.7 Å². The number of aliphatic hydroxyl groups is 1. The minimum Gasteiger partial charge on any atom is -0.390 e. The van der Waals surface area contributed by atoms with E-state index in [2.05, 4.69) is 11.7 Å². The van der Waals surface area contributed by atoms with E-state index in [4.69, 9.17) is 0 Å². The Labute approximate surface area is 104 Å². The summed E-state index contributed by atoms with van der Waals surface area (Å²) in [5, 5.41) is 9.74. The summed E-state index contributed by atoms with van der Waals surface area (Å²) < 4.78 is 53.3. The Kier molecular flexibility index (Phi) is 5.85. The molecule has 1 unspecified atom stereocenters. The number of ether oxygens (including phenoxy) is 1. The predicted molar refractivity (Wildman–Crippen MR) is 58.9 cm³/mol. The summed E-state index contributed by atoms with van der Waals surface area (Å²) in [5.41, 5.74) is 0. The molecule has 0 spiro atoms. The Morgan fingerprint density at radius 2 is 1.78 bits per heavy atom. The average Bonchev–Trinajstić information content (AvgIpc) is 2.29. The van der Waals surface area contributed by atoms with E-state index in [9.17, 15) is 22.7 Å². The Balaban J connectivity index is 2.23. The largest absolute Gasteiger partial charge is 0.390 e. The van der Waals surface area contributed by atoms with Gasteiger partial charge < -0.3 is 9.84 Å². The quantitative estimate of drug-likeness (QED) is 0.753. The summed E-state index contributed by atoms with van der Waals surface area (Å²) in [6.07, 6.45) is -0.923. The normalized spacial score (nSPS) is 27.5. The Morgan fingerprint density at radius 3 is 2.28 bits per heavy atom. The Hall–Kier alpha value is -0.360. The number of halogens is 4. The first kappa shape index (κ1) is 15.7. The molecule has 1 atom stereocenters. The molecular formula is C12H20F4O2. The fraction of sp³-hybridized carbons (Fsp3) is 1.00. The van der Waals surface area contributed by atoms with Crippen LogP contribution in [0.25, 0.3) is 0 Å². The van der Waals surface area contributed by atoms with Crippen LogP contribution in [-0.2, 0) is 4.74 Å². The second-order valence-corrected chi connectivity index (χ2v) is 5.16. The molecule has 0 aromatic rings. The van der Waals surface area contributed by atoms with Crippen molar-refractivity contribution in [3.63, 3.8) is 0 Å². The van der Waals surface area contributed by atoms with Crippen molar-refractivity contribution in [3.8, 4) is 0 Å². The third kappa shape index (κ3) is 4.72. The molecule has 2 nitrogen and oxygen atoms in total. The van der Waals surface area contributed by atoms with E-state index in [1.54, 1.807) is 0 Å². The van der Waals surface area contributed by atoms with E-state index in [1.807, 2.05) is 0 Å². The van der Waals surface area contributed by atoms with Crippen LogP contribution < -0.4 is 0 Å². The van der Waals surface area contributed by atoms with Crippen LogP contribution in [0.4, 0.5) is 17.6 Å². The zero-order valence-corrected chi connectivity index (χ0v) is 10.4. The van der Waals surface area contributed by atoms with Crippen LogP contribution in [0.15, 0.2) is 0 Å². The van der Waals surface area contributed by atoms with E-state index >= 15 is 0 Å². The van der Waals surface area contributed by atoms with Crippen molar-refractivity contribution in [2.45, 2.75) is 51.1 Å². The zero-order chi connectivity index (χ0) is 13.8. The number of rotatable bonds is 6. The van der Waals surface area contributed by atoms with Gasteiger partial charge in [-0.1, -0.05) is 19.8 Å². The van der Waals surface area contributed by atoms with Gasteiger partial charge >= 0.3 is 12.3 Å². The fourth-order valence-corrected chi connectivity index (χ4v) is 2.19. The molecule has 1 saturated carbocycles. The standard InChI is InChI=1S/C12H20F4O2/c1-8-2-4-9(5-3-8)10(17)6-18-7-12(15,16)11(13)14/h8-11,17H,2-7H2,1H3. The summed E-state index contributed by atoms with van der Waals surface area (Å²) in [6, 6.07) is 0. The lowest BCUT2D eigenvalue weighted by Crippen LogP contribution is -2.35. The first-order valence-electron chi connectivity index (χ1n) is 6.24. The summed E-state index contributed by atoms with van der Waals surface area (Å²) >= 11 is 0. The molecule has 0 aliphatic heterocycles. The maximum absolute atomic E-state index is 12.5. The first-order chi connectivity index (χ1) is 8.33. The van der Waals surface area contributed by atoms with Crippen molar-refractivity contribution in [1.29, 1.82) is 0 Å². The molecule has 1 aliphatic carbocycles. The van der Waals surface area contributed by atoms with Crippen LogP contribution in [0.1, 0.15) is 32.6 Å². The molecule has 1 fully saturated rings. The van der Waals surface area contributed by atoms with Gasteiger partial charge in [-0.2, -0.15) is 8.78 Å². The minimum absolute atomic E-state index is 0.0290. The van der Waals surface area contributed by atoms with Crippen LogP contribution >= 0.6 is 0 Å². The lowest BCUT2D eigenvalue weighted by atomic mass is 9.80. The van der Waals surface area contributed by atoms with Gasteiger partial charge in [0, 0.05) is 0 Å². The molecule has 1 aliphatic rings. The molecule has 0 aromatic heterocycles. The molecular weight excluding hydrogens is 252 g/mol. The summed E-state index contributed by atoms with van der Waals surface area (Å²) in [4.78, 5) is 0. The molecule has 1 rings (SSSR count). The van der Waals surface area contributed by atoms with Gasteiger partial charge in [-0.15, -0.1) is 0 Å². The third-order valence-corrected chi connectivity index (χ3v) is 3.51. The minimum atomic E-state index is -4.14. The number of alkyl halides is 4. The van der Waals surface area contributed by atoms with Crippen LogP contribution in [0.2, 0.25) is 0 Å². The predicted octanol–water partition coefficient (Wildman–Crippen LogP) is 3.09. The van der Waals surface area contributed by atoms with E-state index in [0.717, 1.165) is 25.7 Å². The molecule has 1 N–H and O–H groups in total. The van der Waals surface area contributed by atoms with Crippen molar-refractivity contribution in [2.24, 2.45) is 11.8 Å². The van der Waals surface area contributed by atoms with Gasteiger partial charge in [0.1, 0.15) is 6.61 Å². The van der Waals surface area contributed by atoms with Gasteiger partial charge in [0.05, 0.1) is 12.7 Å². The SMILES string of the molecule is CC1CCC(C(O)COCC(F)(F)C(F)F)CC1. The second-order valence-electron chi connectivity index (χ2n) is 5.16. The second kappa shape index (κ2) is 6.70. The Morgan fingerprint density at radius 1 is 1.22 bits per heavy atom. The highest BCUT2D eigenvalue weighted by Crippen LogP contribution is 2.31. The van der Waals surface area contributed by atoms with Crippen molar-refractivity contribution < 1.29 is 27.4 Å². The molecule has 0 heterocycles. The smallest absolute Gasteiger partial charge is 0.330 e.